The standard InChI is InChI=1S/C16H15Cl2N3OS/c1-2-9(19)6-12-14(18)15-16(23-12)11(7-13(17)21-15)20-8-10-4-3-5-22-10/h2-5,7,9H,1,6,8,19H2,(H,20,21)/t9-/m0/s1. The van der Waals surface area contributed by atoms with Gasteiger partial charge in [-0.3, -0.25) is 0 Å². The molecule has 0 radical (unpaired) electrons. The van der Waals surface area contributed by atoms with Gasteiger partial charge in [-0.05, 0) is 12.1 Å². The van der Waals surface area contributed by atoms with E-state index in [1.54, 1.807) is 29.7 Å². The number of nitrogens with one attached hydrogen (secondary N) is 1. The second kappa shape index (κ2) is 6.93. The van der Waals surface area contributed by atoms with E-state index in [0.29, 0.717) is 28.7 Å². The molecule has 23 heavy (non-hydrogen) atoms. The Hall–Kier alpha value is -1.53. The molecule has 1 atom stereocenters. The van der Waals surface area contributed by atoms with Crippen LogP contribution in [0.3, 0.4) is 0 Å². The van der Waals surface area contributed by atoms with Crippen LogP contribution in [0.25, 0.3) is 10.2 Å². The summed E-state index contributed by atoms with van der Waals surface area (Å²) in [4.78, 5) is 5.33. The monoisotopic (exact) mass is 367 g/mol. The van der Waals surface area contributed by atoms with Crippen molar-refractivity contribution in [3.05, 3.63) is 57.9 Å². The lowest BCUT2D eigenvalue weighted by Gasteiger charge is -2.06. The highest BCUT2D eigenvalue weighted by Gasteiger charge is 2.17. The second-order valence-electron chi connectivity index (χ2n) is 5.05. The smallest absolute Gasteiger partial charge is 0.131 e. The number of nitrogens with zero attached hydrogens (tertiary/aromatic N) is 1. The summed E-state index contributed by atoms with van der Waals surface area (Å²) in [6, 6.07) is 5.40. The molecule has 0 aliphatic heterocycles. The van der Waals surface area contributed by atoms with Crippen molar-refractivity contribution in [2.45, 2.75) is 19.0 Å². The molecule has 0 spiro atoms. The van der Waals surface area contributed by atoms with Gasteiger partial charge in [-0.1, -0.05) is 29.3 Å². The first-order chi connectivity index (χ1) is 11.1. The molecule has 0 aromatic carbocycles. The maximum Gasteiger partial charge on any atom is 0.131 e. The third-order valence-electron chi connectivity index (χ3n) is 3.38. The first-order valence-electron chi connectivity index (χ1n) is 7.00. The number of rotatable bonds is 6. The number of fused-ring (bicyclic) bond motifs is 1. The highest BCUT2D eigenvalue weighted by molar-refractivity contribution is 7.20. The molecule has 120 valence electrons. The van der Waals surface area contributed by atoms with Crippen molar-refractivity contribution in [3.8, 4) is 0 Å². The Morgan fingerprint density at radius 1 is 1.48 bits per heavy atom. The van der Waals surface area contributed by atoms with Gasteiger partial charge >= 0.3 is 0 Å². The SMILES string of the molecule is C=C[C@H](N)Cc1sc2c(NCc3ccco3)cc(Cl)nc2c1Cl. The number of anilines is 1. The van der Waals surface area contributed by atoms with Crippen LogP contribution in [-0.2, 0) is 13.0 Å². The molecule has 0 amide bonds. The lowest BCUT2D eigenvalue weighted by Crippen LogP contribution is -2.18. The average Bonchev–Trinajstić information content (AvgIpc) is 3.15. The molecule has 3 aromatic rings. The minimum absolute atomic E-state index is 0.143. The summed E-state index contributed by atoms with van der Waals surface area (Å²) in [5.41, 5.74) is 7.51. The molecule has 0 aliphatic rings. The fraction of sp³-hybridized carbons (Fsp3) is 0.188. The van der Waals surface area contributed by atoms with E-state index in [9.17, 15) is 0 Å². The van der Waals surface area contributed by atoms with Crippen LogP contribution in [0, 0.1) is 0 Å². The molecule has 0 fully saturated rings. The highest BCUT2D eigenvalue weighted by atomic mass is 35.5. The van der Waals surface area contributed by atoms with E-state index >= 15 is 0 Å². The van der Waals surface area contributed by atoms with Crippen LogP contribution in [0.1, 0.15) is 10.6 Å². The second-order valence-corrected chi connectivity index (χ2v) is 6.92. The lowest BCUT2D eigenvalue weighted by atomic mass is 10.2. The summed E-state index contributed by atoms with van der Waals surface area (Å²) in [6.07, 6.45) is 3.97. The summed E-state index contributed by atoms with van der Waals surface area (Å²) in [5.74, 6) is 0.836. The van der Waals surface area contributed by atoms with E-state index in [1.165, 1.54) is 0 Å². The van der Waals surface area contributed by atoms with Gasteiger partial charge in [0.15, 0.2) is 0 Å². The van der Waals surface area contributed by atoms with E-state index in [0.717, 1.165) is 21.0 Å². The molecule has 3 rings (SSSR count). The predicted octanol–water partition coefficient (Wildman–Crippen LogP) is 4.86. The number of hydrogen-bond donors (Lipinski definition) is 2. The van der Waals surface area contributed by atoms with Crippen LogP contribution in [0.15, 0.2) is 41.5 Å². The number of hydrogen-bond acceptors (Lipinski definition) is 5. The van der Waals surface area contributed by atoms with Gasteiger partial charge in [-0.25, -0.2) is 4.98 Å². The van der Waals surface area contributed by atoms with Crippen LogP contribution < -0.4 is 11.1 Å². The van der Waals surface area contributed by atoms with Crippen LogP contribution in [0.4, 0.5) is 5.69 Å². The van der Waals surface area contributed by atoms with Crippen molar-refractivity contribution in [2.24, 2.45) is 5.73 Å². The zero-order chi connectivity index (χ0) is 16.4. The Morgan fingerprint density at radius 3 is 3.00 bits per heavy atom. The Bertz CT molecular complexity index is 830. The van der Waals surface area contributed by atoms with E-state index in [-0.39, 0.29) is 6.04 Å². The molecule has 4 nitrogen and oxygen atoms in total. The minimum Gasteiger partial charge on any atom is -0.467 e. The quantitative estimate of drug-likeness (QED) is 0.482. The minimum atomic E-state index is -0.143. The van der Waals surface area contributed by atoms with Gasteiger partial charge in [-0.2, -0.15) is 0 Å². The summed E-state index contributed by atoms with van der Waals surface area (Å²) >= 11 is 14.2. The number of nitrogens with two attached hydrogens (primary N) is 1. The number of furan rings is 1. The molecule has 0 aliphatic carbocycles. The topological polar surface area (TPSA) is 64.1 Å². The Balaban J connectivity index is 1.96. The highest BCUT2D eigenvalue weighted by Crippen LogP contribution is 2.40. The molecule has 3 aromatic heterocycles. The zero-order valence-electron chi connectivity index (χ0n) is 12.2. The fourth-order valence-corrected chi connectivity index (χ4v) is 3.98. The maximum atomic E-state index is 6.45. The number of halogens is 2. The van der Waals surface area contributed by atoms with Gasteiger partial charge in [0.1, 0.15) is 16.4 Å². The van der Waals surface area contributed by atoms with Crippen LogP contribution >= 0.6 is 34.5 Å². The Kier molecular flexibility index (Phi) is 4.92. The molecule has 3 heterocycles. The molecule has 0 saturated carbocycles. The largest absolute Gasteiger partial charge is 0.467 e. The van der Waals surface area contributed by atoms with Crippen molar-refractivity contribution in [1.29, 1.82) is 0 Å². The summed E-state index contributed by atoms with van der Waals surface area (Å²) in [6.45, 7) is 4.26. The van der Waals surface area contributed by atoms with Crippen LogP contribution in [0.2, 0.25) is 10.2 Å². The molecule has 7 heteroatoms. The van der Waals surface area contributed by atoms with E-state index in [4.69, 9.17) is 33.4 Å². The summed E-state index contributed by atoms with van der Waals surface area (Å²) < 4.78 is 6.29. The summed E-state index contributed by atoms with van der Waals surface area (Å²) in [7, 11) is 0. The van der Waals surface area contributed by atoms with Crippen molar-refractivity contribution < 1.29 is 4.42 Å². The van der Waals surface area contributed by atoms with Gasteiger partial charge in [0.2, 0.25) is 0 Å². The zero-order valence-corrected chi connectivity index (χ0v) is 14.5. The van der Waals surface area contributed by atoms with Gasteiger partial charge in [-0.15, -0.1) is 17.9 Å². The molecular formula is C16H15Cl2N3OS. The van der Waals surface area contributed by atoms with Crippen molar-refractivity contribution in [3.63, 3.8) is 0 Å². The predicted molar refractivity (Wildman–Crippen MR) is 97.6 cm³/mol. The average molecular weight is 368 g/mol. The first-order valence-corrected chi connectivity index (χ1v) is 8.57. The Labute approximate surface area is 147 Å². The van der Waals surface area contributed by atoms with Crippen molar-refractivity contribution in [1.82, 2.24) is 4.98 Å². The number of pyridine rings is 1. The molecule has 0 unspecified atom stereocenters. The van der Waals surface area contributed by atoms with Crippen molar-refractivity contribution in [2.75, 3.05) is 5.32 Å². The molecule has 3 N–H and O–H groups in total. The van der Waals surface area contributed by atoms with Gasteiger partial charge in [0.25, 0.3) is 0 Å². The third kappa shape index (κ3) is 3.53. The fourth-order valence-electron chi connectivity index (χ4n) is 2.21. The van der Waals surface area contributed by atoms with Gasteiger partial charge < -0.3 is 15.5 Å². The number of thiophene rings is 1. The molecule has 0 saturated heterocycles. The maximum absolute atomic E-state index is 6.45. The van der Waals surface area contributed by atoms with E-state index in [2.05, 4.69) is 16.9 Å². The number of aromatic nitrogens is 1. The van der Waals surface area contributed by atoms with Gasteiger partial charge in [0, 0.05) is 23.4 Å². The van der Waals surface area contributed by atoms with E-state index < -0.39 is 0 Å². The van der Waals surface area contributed by atoms with Crippen LogP contribution in [-0.4, -0.2) is 11.0 Å². The third-order valence-corrected chi connectivity index (χ3v) is 5.32. The lowest BCUT2D eigenvalue weighted by molar-refractivity contribution is 0.518. The van der Waals surface area contributed by atoms with Gasteiger partial charge in [0.05, 0.1) is 28.2 Å². The Morgan fingerprint density at radius 2 is 2.30 bits per heavy atom. The van der Waals surface area contributed by atoms with Crippen LogP contribution in [0.5, 0.6) is 0 Å². The van der Waals surface area contributed by atoms with Crippen molar-refractivity contribution >= 4 is 50.4 Å². The van der Waals surface area contributed by atoms with E-state index in [1.807, 2.05) is 12.1 Å². The first kappa shape index (κ1) is 16.3. The normalized spacial score (nSPS) is 12.5. The molecular weight excluding hydrogens is 353 g/mol. The molecule has 0 bridgehead atoms. The summed E-state index contributed by atoms with van der Waals surface area (Å²) in [5, 5.41) is 4.31.